The lowest BCUT2D eigenvalue weighted by Gasteiger charge is -2.27. The van der Waals surface area contributed by atoms with Gasteiger partial charge in [0.1, 0.15) is 6.54 Å². The summed E-state index contributed by atoms with van der Waals surface area (Å²) in [7, 11) is 0. The van der Waals surface area contributed by atoms with Crippen LogP contribution < -0.4 is 11.1 Å². The minimum Gasteiger partial charge on any atom is -0.480 e. The van der Waals surface area contributed by atoms with Gasteiger partial charge < -0.3 is 16.2 Å². The number of nitrogen functional groups attached to an aromatic ring is 1. The fourth-order valence-corrected chi connectivity index (χ4v) is 2.18. The predicted octanol–water partition coefficient (Wildman–Crippen LogP) is 3.65. The van der Waals surface area contributed by atoms with E-state index in [-0.39, 0.29) is 11.4 Å². The van der Waals surface area contributed by atoms with Crippen LogP contribution in [-0.4, -0.2) is 35.0 Å². The summed E-state index contributed by atoms with van der Waals surface area (Å²) in [5.41, 5.74) is 5.11. The van der Waals surface area contributed by atoms with Gasteiger partial charge in [-0.3, -0.25) is 4.79 Å². The average Bonchev–Trinajstić information content (AvgIpc) is 2.35. The Morgan fingerprint density at radius 3 is 2.17 bits per heavy atom. The number of carboxylic acids is 1. The molecule has 0 saturated carbocycles. The summed E-state index contributed by atoms with van der Waals surface area (Å²) >= 11 is -1.00. The SMILES string of the molecule is Nc1cc(SC(F)(F)C(F)(F)C(F)(F)F)ccc1NCC(=O)O. The number of nitrogens with one attached hydrogen (secondary N) is 1. The molecule has 4 nitrogen and oxygen atoms in total. The highest BCUT2D eigenvalue weighted by molar-refractivity contribution is 8.00. The molecule has 23 heavy (non-hydrogen) atoms. The number of carboxylic acid groups (broad SMARTS) is 1. The molecule has 0 aromatic heterocycles. The summed E-state index contributed by atoms with van der Waals surface area (Å²) in [6.45, 7) is -0.557. The third-order valence-corrected chi connectivity index (χ3v) is 3.42. The Labute approximate surface area is 128 Å². The molecular formula is C11H9F7N2O2S. The predicted molar refractivity (Wildman–Crippen MR) is 68.8 cm³/mol. The first-order valence-corrected chi connectivity index (χ1v) is 6.46. The van der Waals surface area contributed by atoms with Crippen LogP contribution in [0.4, 0.5) is 42.1 Å². The minimum atomic E-state index is -6.42. The topological polar surface area (TPSA) is 75.3 Å². The van der Waals surface area contributed by atoms with E-state index in [1.54, 1.807) is 0 Å². The van der Waals surface area contributed by atoms with Gasteiger partial charge in [0, 0.05) is 4.90 Å². The smallest absolute Gasteiger partial charge is 0.460 e. The van der Waals surface area contributed by atoms with Gasteiger partial charge in [0.25, 0.3) is 0 Å². The van der Waals surface area contributed by atoms with E-state index in [0.29, 0.717) is 0 Å². The van der Waals surface area contributed by atoms with Crippen molar-refractivity contribution in [3.8, 4) is 0 Å². The summed E-state index contributed by atoms with van der Waals surface area (Å²) in [5, 5.41) is 5.30. The van der Waals surface area contributed by atoms with Crippen LogP contribution in [0.25, 0.3) is 0 Å². The number of benzene rings is 1. The van der Waals surface area contributed by atoms with Gasteiger partial charge in [-0.2, -0.15) is 30.7 Å². The number of anilines is 2. The average molecular weight is 366 g/mol. The molecule has 4 N–H and O–H groups in total. The Kier molecular flexibility index (Phi) is 5.29. The van der Waals surface area contributed by atoms with Crippen LogP contribution in [0.3, 0.4) is 0 Å². The molecule has 0 aliphatic heterocycles. The van der Waals surface area contributed by atoms with E-state index in [1.807, 2.05) is 0 Å². The van der Waals surface area contributed by atoms with Crippen LogP contribution in [0, 0.1) is 0 Å². The van der Waals surface area contributed by atoms with Crippen molar-refractivity contribution in [2.45, 2.75) is 22.2 Å². The molecule has 0 radical (unpaired) electrons. The number of halogens is 7. The molecule has 0 saturated heterocycles. The lowest BCUT2D eigenvalue weighted by Crippen LogP contribution is -2.49. The number of hydrogen-bond acceptors (Lipinski definition) is 4. The number of nitrogens with two attached hydrogens (primary N) is 1. The molecule has 1 rings (SSSR count). The second-order valence-electron chi connectivity index (χ2n) is 4.19. The lowest BCUT2D eigenvalue weighted by molar-refractivity contribution is -0.330. The van der Waals surface area contributed by atoms with Crippen LogP contribution in [0.5, 0.6) is 0 Å². The summed E-state index contributed by atoms with van der Waals surface area (Å²) in [6, 6.07) is 2.53. The maximum atomic E-state index is 13.2. The van der Waals surface area contributed by atoms with E-state index < -0.39 is 46.5 Å². The van der Waals surface area contributed by atoms with E-state index in [0.717, 1.165) is 18.2 Å². The minimum absolute atomic E-state index is 0.00245. The maximum absolute atomic E-state index is 13.2. The Hall–Kier alpha value is -1.85. The van der Waals surface area contributed by atoms with Crippen molar-refractivity contribution < 1.29 is 40.6 Å². The Morgan fingerprint density at radius 1 is 1.17 bits per heavy atom. The van der Waals surface area contributed by atoms with E-state index in [4.69, 9.17) is 10.8 Å². The number of hydrogen-bond donors (Lipinski definition) is 3. The molecule has 0 spiro atoms. The normalized spacial score (nSPS) is 13.0. The van der Waals surface area contributed by atoms with Gasteiger partial charge in [-0.25, -0.2) is 0 Å². The quantitative estimate of drug-likeness (QED) is 0.407. The maximum Gasteiger partial charge on any atom is 0.460 e. The summed E-state index contributed by atoms with van der Waals surface area (Å²) in [5.74, 6) is -7.49. The molecule has 0 atom stereocenters. The van der Waals surface area contributed by atoms with Crippen molar-refractivity contribution in [2.75, 3.05) is 17.6 Å². The highest BCUT2D eigenvalue weighted by Gasteiger charge is 2.73. The van der Waals surface area contributed by atoms with Crippen LogP contribution in [-0.2, 0) is 4.79 Å². The number of carbonyl (C=O) groups is 1. The van der Waals surface area contributed by atoms with Crippen molar-refractivity contribution >= 4 is 29.1 Å². The van der Waals surface area contributed by atoms with Crippen LogP contribution in [0.1, 0.15) is 0 Å². The highest BCUT2D eigenvalue weighted by atomic mass is 32.2. The molecular weight excluding hydrogens is 357 g/mol. The van der Waals surface area contributed by atoms with Gasteiger partial charge in [-0.1, -0.05) is 0 Å². The van der Waals surface area contributed by atoms with E-state index in [1.165, 1.54) is 0 Å². The summed E-state index contributed by atoms with van der Waals surface area (Å²) in [6.07, 6.45) is -6.42. The van der Waals surface area contributed by atoms with Crippen LogP contribution in [0.2, 0.25) is 0 Å². The van der Waals surface area contributed by atoms with Gasteiger partial charge in [0.2, 0.25) is 0 Å². The monoisotopic (exact) mass is 366 g/mol. The van der Waals surface area contributed by atoms with Crippen LogP contribution >= 0.6 is 11.8 Å². The van der Waals surface area contributed by atoms with Crippen molar-refractivity contribution in [1.29, 1.82) is 0 Å². The molecule has 0 fully saturated rings. The van der Waals surface area contributed by atoms with E-state index >= 15 is 0 Å². The second kappa shape index (κ2) is 6.34. The molecule has 0 bridgehead atoms. The zero-order valence-electron chi connectivity index (χ0n) is 10.9. The van der Waals surface area contributed by atoms with Gasteiger partial charge in [-0.15, -0.1) is 0 Å². The molecule has 1 aromatic carbocycles. The molecule has 0 unspecified atom stereocenters. The molecule has 130 valence electrons. The zero-order valence-corrected chi connectivity index (χ0v) is 11.7. The first-order chi connectivity index (χ1) is 10.3. The standard InChI is InChI=1S/C11H9F7N2O2S/c12-9(13,10(14,15)16)11(17,18)23-5-1-2-7(6(19)3-5)20-4-8(21)22/h1-3,20H,4,19H2,(H,21,22). The highest BCUT2D eigenvalue weighted by Crippen LogP contribution is 2.54. The molecule has 0 heterocycles. The van der Waals surface area contributed by atoms with E-state index in [2.05, 4.69) is 5.32 Å². The fourth-order valence-electron chi connectivity index (χ4n) is 1.31. The Balaban J connectivity index is 2.97. The van der Waals surface area contributed by atoms with Gasteiger partial charge >= 0.3 is 23.3 Å². The van der Waals surface area contributed by atoms with E-state index in [9.17, 15) is 35.5 Å². The fraction of sp³-hybridized carbons (Fsp3) is 0.364. The zero-order chi connectivity index (χ0) is 18.1. The molecule has 0 amide bonds. The lowest BCUT2D eigenvalue weighted by atomic mass is 10.2. The largest absolute Gasteiger partial charge is 0.480 e. The van der Waals surface area contributed by atoms with Crippen molar-refractivity contribution in [3.05, 3.63) is 18.2 Å². The number of rotatable bonds is 6. The second-order valence-corrected chi connectivity index (χ2v) is 5.38. The summed E-state index contributed by atoms with van der Waals surface area (Å²) in [4.78, 5) is 9.70. The third kappa shape index (κ3) is 4.33. The number of alkyl halides is 7. The van der Waals surface area contributed by atoms with Crippen molar-refractivity contribution in [1.82, 2.24) is 0 Å². The van der Waals surface area contributed by atoms with Crippen molar-refractivity contribution in [2.24, 2.45) is 0 Å². The first-order valence-electron chi connectivity index (χ1n) is 5.64. The third-order valence-electron chi connectivity index (χ3n) is 2.42. The van der Waals surface area contributed by atoms with Crippen molar-refractivity contribution in [3.63, 3.8) is 0 Å². The van der Waals surface area contributed by atoms with Gasteiger partial charge in [0.05, 0.1) is 11.4 Å². The number of aliphatic carboxylic acids is 1. The Bertz CT molecular complexity index is 592. The van der Waals surface area contributed by atoms with Gasteiger partial charge in [-0.05, 0) is 30.0 Å². The molecule has 12 heteroatoms. The molecule has 1 aromatic rings. The Morgan fingerprint density at radius 2 is 1.74 bits per heavy atom. The molecule has 0 aliphatic rings. The summed E-state index contributed by atoms with van der Waals surface area (Å²) < 4.78 is 88.1. The molecule has 0 aliphatic carbocycles. The van der Waals surface area contributed by atoms with Gasteiger partial charge in [0.15, 0.2) is 0 Å². The first kappa shape index (κ1) is 19.2. The number of thioether (sulfide) groups is 1. The van der Waals surface area contributed by atoms with Crippen LogP contribution in [0.15, 0.2) is 23.1 Å².